The Balaban J connectivity index is 1.49. The van der Waals surface area contributed by atoms with Gasteiger partial charge in [0.25, 0.3) is 0 Å². The fourth-order valence-electron chi connectivity index (χ4n) is 3.53. The van der Waals surface area contributed by atoms with Gasteiger partial charge in [0.1, 0.15) is 6.10 Å². The summed E-state index contributed by atoms with van der Waals surface area (Å²) in [6, 6.07) is 5.38. The smallest absolute Gasteiger partial charge is 0.222 e. The second-order valence-corrected chi connectivity index (χ2v) is 6.57. The number of pyridine rings is 1. The maximum Gasteiger partial charge on any atom is 0.222 e. The molecule has 5 nitrogen and oxygen atoms in total. The molecule has 1 aliphatic heterocycles. The monoisotopic (exact) mass is 313 g/mol. The number of carbonyl (C=O) groups excluding carboxylic acids is 1. The van der Waals surface area contributed by atoms with Crippen LogP contribution in [0.2, 0.25) is 0 Å². The lowest BCUT2D eigenvalue weighted by Gasteiger charge is -2.24. The predicted octanol–water partition coefficient (Wildman–Crippen LogP) is 2.90. The summed E-state index contributed by atoms with van der Waals surface area (Å²) in [6.45, 7) is 1.39. The summed E-state index contributed by atoms with van der Waals surface area (Å²) >= 11 is 0. The van der Waals surface area contributed by atoms with E-state index in [1.807, 2.05) is 4.90 Å². The largest absolute Gasteiger partial charge is 0.472 e. The second kappa shape index (κ2) is 7.45. The number of nitrogens with zero attached hydrogens (tertiary/aromatic N) is 3. The zero-order valence-corrected chi connectivity index (χ0v) is 13.4. The summed E-state index contributed by atoms with van der Waals surface area (Å²) in [4.78, 5) is 18.5. The van der Waals surface area contributed by atoms with Gasteiger partial charge in [-0.05, 0) is 24.8 Å². The van der Waals surface area contributed by atoms with E-state index < -0.39 is 0 Å². The first-order valence-corrected chi connectivity index (χ1v) is 8.55. The predicted molar refractivity (Wildman–Crippen MR) is 85.8 cm³/mol. The normalized spacial score (nSPS) is 21.9. The summed E-state index contributed by atoms with van der Waals surface area (Å²) < 4.78 is 5.83. The third kappa shape index (κ3) is 4.22. The van der Waals surface area contributed by atoms with Crippen molar-refractivity contribution in [3.8, 4) is 11.9 Å². The molecule has 1 aliphatic carbocycles. The molecule has 1 aromatic heterocycles. The Morgan fingerprint density at radius 3 is 2.96 bits per heavy atom. The summed E-state index contributed by atoms with van der Waals surface area (Å²) in [5.74, 6) is 1.31. The van der Waals surface area contributed by atoms with Crippen LogP contribution in [0.4, 0.5) is 0 Å². The number of amides is 1. The van der Waals surface area contributed by atoms with Crippen LogP contribution in [-0.4, -0.2) is 35.0 Å². The number of likely N-dealkylation sites (tertiary alicyclic amines) is 1. The topological polar surface area (TPSA) is 66.2 Å². The molecule has 0 radical (unpaired) electrons. The number of hydrogen-bond donors (Lipinski definition) is 0. The van der Waals surface area contributed by atoms with Crippen LogP contribution in [0.25, 0.3) is 0 Å². The van der Waals surface area contributed by atoms with E-state index in [4.69, 9.17) is 10.00 Å². The van der Waals surface area contributed by atoms with E-state index in [-0.39, 0.29) is 12.0 Å². The first-order valence-electron chi connectivity index (χ1n) is 8.55. The van der Waals surface area contributed by atoms with Gasteiger partial charge in [0, 0.05) is 31.6 Å². The number of ether oxygens (including phenoxy) is 1. The van der Waals surface area contributed by atoms with E-state index in [1.54, 1.807) is 18.3 Å². The van der Waals surface area contributed by atoms with Crippen molar-refractivity contribution in [3.05, 3.63) is 23.9 Å². The van der Waals surface area contributed by atoms with Crippen molar-refractivity contribution in [2.75, 3.05) is 13.1 Å². The molecule has 3 rings (SSSR count). The van der Waals surface area contributed by atoms with Crippen LogP contribution >= 0.6 is 0 Å². The maximum absolute atomic E-state index is 12.4. The van der Waals surface area contributed by atoms with Crippen LogP contribution in [0, 0.1) is 17.2 Å². The highest BCUT2D eigenvalue weighted by atomic mass is 16.5. The SMILES string of the molecule is N#Cc1ccnc(OC2CCN(C(=O)CC3CCCCC3)C2)c1. The molecular weight excluding hydrogens is 290 g/mol. The highest BCUT2D eigenvalue weighted by Crippen LogP contribution is 2.27. The Bertz CT molecular complexity index is 590. The summed E-state index contributed by atoms with van der Waals surface area (Å²) in [7, 11) is 0. The second-order valence-electron chi connectivity index (χ2n) is 6.57. The van der Waals surface area contributed by atoms with Gasteiger partial charge in [-0.2, -0.15) is 5.26 Å². The van der Waals surface area contributed by atoms with Crippen LogP contribution in [0.3, 0.4) is 0 Å². The van der Waals surface area contributed by atoms with Crippen molar-refractivity contribution in [1.29, 1.82) is 5.26 Å². The molecule has 0 spiro atoms. The Hall–Kier alpha value is -2.09. The highest BCUT2D eigenvalue weighted by Gasteiger charge is 2.29. The van der Waals surface area contributed by atoms with Gasteiger partial charge in [0.05, 0.1) is 18.2 Å². The van der Waals surface area contributed by atoms with Gasteiger partial charge in [-0.15, -0.1) is 0 Å². The number of aromatic nitrogens is 1. The Labute approximate surface area is 137 Å². The number of nitriles is 1. The molecule has 0 bridgehead atoms. The summed E-state index contributed by atoms with van der Waals surface area (Å²) in [5, 5.41) is 8.91. The molecule has 1 saturated heterocycles. The average molecular weight is 313 g/mol. The fourth-order valence-corrected chi connectivity index (χ4v) is 3.53. The highest BCUT2D eigenvalue weighted by molar-refractivity contribution is 5.76. The van der Waals surface area contributed by atoms with Crippen molar-refractivity contribution < 1.29 is 9.53 Å². The Kier molecular flexibility index (Phi) is 5.12. The van der Waals surface area contributed by atoms with Gasteiger partial charge in [-0.1, -0.05) is 19.3 Å². The molecule has 2 heterocycles. The third-order valence-corrected chi connectivity index (χ3v) is 4.84. The summed E-state index contributed by atoms with van der Waals surface area (Å²) in [6.07, 6.45) is 9.33. The number of carbonyl (C=O) groups is 1. The molecule has 0 N–H and O–H groups in total. The standard InChI is InChI=1S/C18H23N3O2/c19-12-15-6-8-20-17(10-15)23-16-7-9-21(13-16)18(22)11-14-4-2-1-3-5-14/h6,8,10,14,16H,1-5,7,9,11,13H2. The van der Waals surface area contributed by atoms with Gasteiger partial charge in [-0.3, -0.25) is 4.79 Å². The average Bonchev–Trinajstić information content (AvgIpc) is 3.04. The van der Waals surface area contributed by atoms with Crippen LogP contribution in [0.15, 0.2) is 18.3 Å². The molecule has 2 fully saturated rings. The molecule has 122 valence electrons. The number of rotatable bonds is 4. The first kappa shape index (κ1) is 15.8. The van der Waals surface area contributed by atoms with Crippen molar-refractivity contribution in [2.24, 2.45) is 5.92 Å². The minimum Gasteiger partial charge on any atom is -0.472 e. The maximum atomic E-state index is 12.4. The van der Waals surface area contributed by atoms with E-state index in [1.165, 1.54) is 32.1 Å². The summed E-state index contributed by atoms with van der Waals surface area (Å²) in [5.41, 5.74) is 0.540. The van der Waals surface area contributed by atoms with Crippen molar-refractivity contribution >= 4 is 5.91 Å². The Morgan fingerprint density at radius 2 is 2.17 bits per heavy atom. The zero-order chi connectivity index (χ0) is 16.1. The number of hydrogen-bond acceptors (Lipinski definition) is 4. The van der Waals surface area contributed by atoms with Crippen LogP contribution in [-0.2, 0) is 4.79 Å². The van der Waals surface area contributed by atoms with Gasteiger partial charge in [0.15, 0.2) is 0 Å². The van der Waals surface area contributed by atoms with Crippen LogP contribution in [0.1, 0.15) is 50.5 Å². The molecular formula is C18H23N3O2. The van der Waals surface area contributed by atoms with Crippen molar-refractivity contribution in [1.82, 2.24) is 9.88 Å². The lowest BCUT2D eigenvalue weighted by Crippen LogP contribution is -2.32. The van der Waals surface area contributed by atoms with E-state index in [9.17, 15) is 4.79 Å². The van der Waals surface area contributed by atoms with Crippen LogP contribution in [0.5, 0.6) is 5.88 Å². The van der Waals surface area contributed by atoms with Gasteiger partial charge in [0.2, 0.25) is 11.8 Å². The molecule has 1 aromatic rings. The lowest BCUT2D eigenvalue weighted by atomic mass is 9.87. The van der Waals surface area contributed by atoms with Gasteiger partial charge < -0.3 is 9.64 Å². The lowest BCUT2D eigenvalue weighted by molar-refractivity contribution is -0.131. The molecule has 1 saturated carbocycles. The van der Waals surface area contributed by atoms with E-state index in [2.05, 4.69) is 11.1 Å². The van der Waals surface area contributed by atoms with E-state index in [0.29, 0.717) is 30.3 Å². The van der Waals surface area contributed by atoms with E-state index >= 15 is 0 Å². The molecule has 1 unspecified atom stereocenters. The molecule has 5 heteroatoms. The Morgan fingerprint density at radius 1 is 1.35 bits per heavy atom. The molecule has 0 aromatic carbocycles. The first-order chi connectivity index (χ1) is 11.2. The molecule has 2 aliphatic rings. The third-order valence-electron chi connectivity index (χ3n) is 4.84. The van der Waals surface area contributed by atoms with E-state index in [0.717, 1.165) is 13.0 Å². The zero-order valence-electron chi connectivity index (χ0n) is 13.4. The quantitative estimate of drug-likeness (QED) is 0.857. The molecule has 1 amide bonds. The fraction of sp³-hybridized carbons (Fsp3) is 0.611. The minimum atomic E-state index is -0.0215. The van der Waals surface area contributed by atoms with Crippen molar-refractivity contribution in [3.63, 3.8) is 0 Å². The molecule has 23 heavy (non-hydrogen) atoms. The van der Waals surface area contributed by atoms with Gasteiger partial charge >= 0.3 is 0 Å². The van der Waals surface area contributed by atoms with Gasteiger partial charge in [-0.25, -0.2) is 4.98 Å². The minimum absolute atomic E-state index is 0.0215. The van der Waals surface area contributed by atoms with Crippen LogP contribution < -0.4 is 4.74 Å². The molecule has 1 atom stereocenters. The van der Waals surface area contributed by atoms with Crippen molar-refractivity contribution in [2.45, 2.75) is 51.0 Å².